The highest BCUT2D eigenvalue weighted by molar-refractivity contribution is 5.95. The predicted molar refractivity (Wildman–Crippen MR) is 101 cm³/mol. The molecule has 1 aromatic carbocycles. The second kappa shape index (κ2) is 7.43. The van der Waals surface area contributed by atoms with Gasteiger partial charge in [0.1, 0.15) is 30.2 Å². The molecule has 1 N–H and O–H groups in total. The molecule has 9 heteroatoms. The summed E-state index contributed by atoms with van der Waals surface area (Å²) in [6.07, 6.45) is 0.404. The maximum Gasteiger partial charge on any atom is 0.414 e. The number of benzene rings is 1. The molecule has 1 fully saturated rings. The van der Waals surface area contributed by atoms with Gasteiger partial charge < -0.3 is 19.6 Å². The van der Waals surface area contributed by atoms with Gasteiger partial charge in [-0.15, -0.1) is 0 Å². The Morgan fingerprint density at radius 2 is 2.14 bits per heavy atom. The van der Waals surface area contributed by atoms with Crippen LogP contribution in [0.25, 0.3) is 11.1 Å². The maximum atomic E-state index is 14.7. The van der Waals surface area contributed by atoms with Gasteiger partial charge in [-0.25, -0.2) is 14.2 Å². The highest BCUT2D eigenvalue weighted by Gasteiger charge is 2.32. The number of aliphatic hydroxyl groups excluding tert-OH is 1. The summed E-state index contributed by atoms with van der Waals surface area (Å²) < 4.78 is 19.7. The Morgan fingerprint density at radius 1 is 1.29 bits per heavy atom. The number of nitrogens with zero attached hydrogens (tertiary/aromatic N) is 4. The topological polar surface area (TPSA) is 87.5 Å². The van der Waals surface area contributed by atoms with E-state index in [4.69, 9.17) is 14.7 Å². The molecule has 0 aliphatic carbocycles. The number of carbonyl (C=O) groups is 1. The van der Waals surface area contributed by atoms with Crippen LogP contribution >= 0.6 is 0 Å². The second-order valence-corrected chi connectivity index (χ2v) is 6.49. The number of carbonyl (C=O) groups excluding carboxylic acids is 1. The summed E-state index contributed by atoms with van der Waals surface area (Å²) in [5.41, 5.74) is 1.38. The largest absolute Gasteiger partial charge is 0.441 e. The van der Waals surface area contributed by atoms with E-state index >= 15 is 0 Å². The van der Waals surface area contributed by atoms with Gasteiger partial charge in [0.05, 0.1) is 25.4 Å². The quantitative estimate of drug-likeness (QED) is 0.868. The minimum absolute atomic E-state index is 0.185. The van der Waals surface area contributed by atoms with Crippen molar-refractivity contribution in [3.05, 3.63) is 42.3 Å². The predicted octanol–water partition coefficient (Wildman–Crippen LogP) is 2.38. The number of ether oxygens (including phenoxy) is 1. The lowest BCUT2D eigenvalue weighted by Gasteiger charge is -2.25. The standard InChI is InChI=1S/C19H19FN4O4/c1-12-22-27-7-6-23(12)18-5-2-13(9-21-18)16-4-3-14(8-17(16)20)24-10-15(11-25)28-19(24)26/h2-5,8-9,15,25H,6-7,10-11H2,1H3/t15-/m1/s1. The average Bonchev–Trinajstić information content (AvgIpc) is 3.09. The molecular formula is C19H19FN4O4. The number of amides is 1. The van der Waals surface area contributed by atoms with Crippen molar-refractivity contribution in [1.82, 2.24) is 4.98 Å². The third kappa shape index (κ3) is 3.36. The first-order valence-corrected chi connectivity index (χ1v) is 8.86. The molecule has 0 spiro atoms. The second-order valence-electron chi connectivity index (χ2n) is 6.49. The number of cyclic esters (lactones) is 1. The molecule has 1 amide bonds. The van der Waals surface area contributed by atoms with Crippen molar-refractivity contribution in [2.45, 2.75) is 13.0 Å². The Bertz CT molecular complexity index is 919. The van der Waals surface area contributed by atoms with Crippen molar-refractivity contribution >= 4 is 23.4 Å². The van der Waals surface area contributed by atoms with Gasteiger partial charge in [-0.05, 0) is 37.3 Å². The molecule has 1 aromatic heterocycles. The molecule has 146 valence electrons. The van der Waals surface area contributed by atoms with E-state index in [1.807, 2.05) is 11.8 Å². The van der Waals surface area contributed by atoms with E-state index in [1.165, 1.54) is 11.0 Å². The van der Waals surface area contributed by atoms with E-state index in [1.54, 1.807) is 30.5 Å². The Morgan fingerprint density at radius 3 is 2.79 bits per heavy atom. The molecule has 1 saturated heterocycles. The average molecular weight is 386 g/mol. The minimum atomic E-state index is -0.598. The number of aromatic nitrogens is 1. The normalized spacial score (nSPS) is 19.3. The lowest BCUT2D eigenvalue weighted by molar-refractivity contribution is 0.0963. The number of pyridine rings is 1. The summed E-state index contributed by atoms with van der Waals surface area (Å²) in [6.45, 7) is 2.87. The van der Waals surface area contributed by atoms with E-state index in [-0.39, 0.29) is 13.2 Å². The third-order valence-corrected chi connectivity index (χ3v) is 4.67. The maximum absolute atomic E-state index is 14.7. The number of halogens is 1. The highest BCUT2D eigenvalue weighted by Crippen LogP contribution is 2.29. The number of anilines is 2. The van der Waals surface area contributed by atoms with E-state index < -0.39 is 18.0 Å². The molecule has 4 rings (SSSR count). The fraction of sp³-hybridized carbons (Fsp3) is 0.316. The molecule has 0 radical (unpaired) electrons. The van der Waals surface area contributed by atoms with Crippen LogP contribution in [0, 0.1) is 5.82 Å². The van der Waals surface area contributed by atoms with Crippen LogP contribution in [-0.4, -0.2) is 54.4 Å². The molecule has 0 unspecified atom stereocenters. The number of rotatable bonds is 4. The van der Waals surface area contributed by atoms with Gasteiger partial charge in [0.15, 0.2) is 0 Å². The van der Waals surface area contributed by atoms with Crippen molar-refractivity contribution in [2.24, 2.45) is 5.16 Å². The van der Waals surface area contributed by atoms with Gasteiger partial charge in [0.2, 0.25) is 0 Å². The monoisotopic (exact) mass is 386 g/mol. The van der Waals surface area contributed by atoms with Crippen LogP contribution < -0.4 is 9.80 Å². The Balaban J connectivity index is 1.56. The number of amidine groups is 1. The minimum Gasteiger partial charge on any atom is -0.441 e. The van der Waals surface area contributed by atoms with Crippen molar-refractivity contribution < 1.29 is 23.9 Å². The zero-order chi connectivity index (χ0) is 19.7. The Kier molecular flexibility index (Phi) is 4.82. The van der Waals surface area contributed by atoms with Gasteiger partial charge in [-0.1, -0.05) is 5.16 Å². The molecule has 3 heterocycles. The van der Waals surface area contributed by atoms with Crippen molar-refractivity contribution in [1.29, 1.82) is 0 Å². The summed E-state index contributed by atoms with van der Waals surface area (Å²) in [6, 6.07) is 8.11. The SMILES string of the molecule is CC1=NOCCN1c1ccc(-c2ccc(N3C[C@H](CO)OC3=O)cc2F)cn1. The molecule has 2 aromatic rings. The lowest BCUT2D eigenvalue weighted by atomic mass is 10.1. The van der Waals surface area contributed by atoms with Crippen LogP contribution in [-0.2, 0) is 9.57 Å². The van der Waals surface area contributed by atoms with Crippen LogP contribution in [0.15, 0.2) is 41.7 Å². The van der Waals surface area contributed by atoms with Gasteiger partial charge in [0, 0.05) is 17.3 Å². The van der Waals surface area contributed by atoms with Crippen LogP contribution in [0.2, 0.25) is 0 Å². The lowest BCUT2D eigenvalue weighted by Crippen LogP contribution is -2.36. The zero-order valence-corrected chi connectivity index (χ0v) is 15.2. The first-order chi connectivity index (χ1) is 13.6. The first-order valence-electron chi connectivity index (χ1n) is 8.86. The molecule has 0 saturated carbocycles. The first kappa shape index (κ1) is 18.2. The van der Waals surface area contributed by atoms with E-state index in [0.717, 1.165) is 0 Å². The number of hydrogen-bond acceptors (Lipinski definition) is 7. The summed E-state index contributed by atoms with van der Waals surface area (Å²) in [4.78, 5) is 24.5. The molecular weight excluding hydrogens is 367 g/mol. The van der Waals surface area contributed by atoms with Crippen LogP contribution in [0.5, 0.6) is 0 Å². The third-order valence-electron chi connectivity index (χ3n) is 4.67. The molecule has 2 aliphatic rings. The molecule has 2 aliphatic heterocycles. The van der Waals surface area contributed by atoms with Crippen molar-refractivity contribution in [3.8, 4) is 11.1 Å². The summed E-state index contributed by atoms with van der Waals surface area (Å²) in [7, 11) is 0. The summed E-state index contributed by atoms with van der Waals surface area (Å²) >= 11 is 0. The number of oxime groups is 1. The van der Waals surface area contributed by atoms with E-state index in [2.05, 4.69) is 10.1 Å². The molecule has 28 heavy (non-hydrogen) atoms. The fourth-order valence-corrected chi connectivity index (χ4v) is 3.20. The van der Waals surface area contributed by atoms with Gasteiger partial charge in [-0.3, -0.25) is 4.90 Å². The molecule has 0 bridgehead atoms. The van der Waals surface area contributed by atoms with Crippen LogP contribution in [0.3, 0.4) is 0 Å². The van der Waals surface area contributed by atoms with E-state index in [9.17, 15) is 9.18 Å². The zero-order valence-electron chi connectivity index (χ0n) is 15.2. The van der Waals surface area contributed by atoms with Crippen LogP contribution in [0.4, 0.5) is 20.7 Å². The highest BCUT2D eigenvalue weighted by atomic mass is 19.1. The summed E-state index contributed by atoms with van der Waals surface area (Å²) in [5.74, 6) is 0.942. The van der Waals surface area contributed by atoms with Gasteiger partial charge >= 0.3 is 6.09 Å². The van der Waals surface area contributed by atoms with Crippen molar-refractivity contribution in [2.75, 3.05) is 36.1 Å². The Hall–Kier alpha value is -3.20. The molecule has 1 atom stereocenters. The smallest absolute Gasteiger partial charge is 0.414 e. The molecule has 8 nitrogen and oxygen atoms in total. The van der Waals surface area contributed by atoms with E-state index in [0.29, 0.717) is 41.6 Å². The van der Waals surface area contributed by atoms with Gasteiger partial charge in [0.25, 0.3) is 0 Å². The van der Waals surface area contributed by atoms with Crippen molar-refractivity contribution in [3.63, 3.8) is 0 Å². The Labute approximate surface area is 160 Å². The van der Waals surface area contributed by atoms with Crippen LogP contribution in [0.1, 0.15) is 6.92 Å². The number of aliphatic hydroxyl groups is 1. The number of hydrogen-bond donors (Lipinski definition) is 1. The van der Waals surface area contributed by atoms with Gasteiger partial charge in [-0.2, -0.15) is 0 Å². The summed E-state index contributed by atoms with van der Waals surface area (Å²) in [5, 5.41) is 13.1. The fourth-order valence-electron chi connectivity index (χ4n) is 3.20.